The molecule has 0 bridgehead atoms. The summed E-state index contributed by atoms with van der Waals surface area (Å²) in [5.74, 6) is 0.655. The molecule has 2 rings (SSSR count). The minimum Gasteiger partial charge on any atom is -0.492 e. The number of carbonyl (C=O) groups is 1. The number of ether oxygens (including phenoxy) is 1. The number of carbonyl (C=O) groups excluding carboxylic acids is 1. The molecule has 120 valence electrons. The average Bonchev–Trinajstić information content (AvgIpc) is 2.76. The van der Waals surface area contributed by atoms with Gasteiger partial charge in [-0.05, 0) is 43.5 Å². The maximum atomic E-state index is 12.0. The van der Waals surface area contributed by atoms with Gasteiger partial charge in [-0.1, -0.05) is 31.7 Å². The first-order valence-electron chi connectivity index (χ1n) is 8.20. The van der Waals surface area contributed by atoms with Gasteiger partial charge in [0.2, 0.25) is 5.91 Å². The number of amides is 1. The van der Waals surface area contributed by atoms with E-state index in [-0.39, 0.29) is 5.91 Å². The number of nitrogen functional groups attached to an aromatic ring is 1. The van der Waals surface area contributed by atoms with Crippen molar-refractivity contribution in [2.45, 2.75) is 51.5 Å². The van der Waals surface area contributed by atoms with E-state index in [1.807, 2.05) is 25.1 Å². The van der Waals surface area contributed by atoms with E-state index in [2.05, 4.69) is 5.32 Å². The number of benzene rings is 1. The van der Waals surface area contributed by atoms with Crippen molar-refractivity contribution in [3.05, 3.63) is 29.8 Å². The van der Waals surface area contributed by atoms with Gasteiger partial charge in [-0.2, -0.15) is 0 Å². The second-order valence-corrected chi connectivity index (χ2v) is 5.76. The van der Waals surface area contributed by atoms with Crippen molar-refractivity contribution in [2.75, 3.05) is 12.3 Å². The highest BCUT2D eigenvalue weighted by molar-refractivity contribution is 5.92. The van der Waals surface area contributed by atoms with Crippen LogP contribution in [-0.4, -0.2) is 18.6 Å². The minimum atomic E-state index is -0.0284. The predicted octanol–water partition coefficient (Wildman–Crippen LogP) is 3.52. The zero-order chi connectivity index (χ0) is 15.8. The van der Waals surface area contributed by atoms with E-state index in [0.717, 1.165) is 18.4 Å². The van der Waals surface area contributed by atoms with E-state index in [1.54, 1.807) is 12.2 Å². The third kappa shape index (κ3) is 5.10. The standard InChI is InChI=1S/C18H26N2O2/c1-2-22-17-11-9-14(13-16(17)19)10-12-18(21)20-15-7-5-3-4-6-8-15/h9-13,15H,2-8,19H2,1H3,(H,20,21)/b12-10-. The second-order valence-electron chi connectivity index (χ2n) is 5.76. The Hall–Kier alpha value is -1.97. The van der Waals surface area contributed by atoms with E-state index >= 15 is 0 Å². The van der Waals surface area contributed by atoms with Crippen molar-refractivity contribution in [1.82, 2.24) is 5.32 Å². The third-order valence-electron chi connectivity index (χ3n) is 3.96. The lowest BCUT2D eigenvalue weighted by Crippen LogP contribution is -2.33. The van der Waals surface area contributed by atoms with Gasteiger partial charge >= 0.3 is 0 Å². The molecule has 1 amide bonds. The predicted molar refractivity (Wildman–Crippen MR) is 90.7 cm³/mol. The van der Waals surface area contributed by atoms with E-state index in [4.69, 9.17) is 10.5 Å². The summed E-state index contributed by atoms with van der Waals surface area (Å²) in [7, 11) is 0. The summed E-state index contributed by atoms with van der Waals surface area (Å²) in [6.07, 6.45) is 10.6. The van der Waals surface area contributed by atoms with E-state index in [0.29, 0.717) is 24.1 Å². The molecule has 0 heterocycles. The van der Waals surface area contributed by atoms with Crippen LogP contribution in [0.2, 0.25) is 0 Å². The Bertz CT molecular complexity index is 518. The van der Waals surface area contributed by atoms with Crippen LogP contribution in [0, 0.1) is 0 Å². The molecule has 0 unspecified atom stereocenters. The summed E-state index contributed by atoms with van der Waals surface area (Å²) >= 11 is 0. The molecule has 1 saturated carbocycles. The van der Waals surface area contributed by atoms with Crippen LogP contribution in [0.4, 0.5) is 5.69 Å². The highest BCUT2D eigenvalue weighted by Gasteiger charge is 2.13. The SMILES string of the molecule is CCOc1ccc(/C=C\C(=O)NC2CCCCCC2)cc1N. The summed E-state index contributed by atoms with van der Waals surface area (Å²) in [5, 5.41) is 3.09. The quantitative estimate of drug-likeness (QED) is 0.497. The molecule has 1 aromatic rings. The van der Waals surface area contributed by atoms with Gasteiger partial charge in [0.05, 0.1) is 12.3 Å². The average molecular weight is 302 g/mol. The van der Waals surface area contributed by atoms with Crippen LogP contribution < -0.4 is 15.8 Å². The lowest BCUT2D eigenvalue weighted by atomic mass is 10.1. The van der Waals surface area contributed by atoms with Gasteiger partial charge in [0, 0.05) is 12.1 Å². The fraction of sp³-hybridized carbons (Fsp3) is 0.500. The van der Waals surface area contributed by atoms with Gasteiger partial charge in [0.15, 0.2) is 0 Å². The Morgan fingerprint density at radius 3 is 2.68 bits per heavy atom. The molecular weight excluding hydrogens is 276 g/mol. The van der Waals surface area contributed by atoms with Crippen LogP contribution in [0.25, 0.3) is 6.08 Å². The van der Waals surface area contributed by atoms with Crippen molar-refractivity contribution < 1.29 is 9.53 Å². The third-order valence-corrected chi connectivity index (χ3v) is 3.96. The first-order valence-corrected chi connectivity index (χ1v) is 8.20. The molecule has 1 aromatic carbocycles. The normalized spacial score (nSPS) is 16.4. The summed E-state index contributed by atoms with van der Waals surface area (Å²) in [6, 6.07) is 5.88. The van der Waals surface area contributed by atoms with Gasteiger partial charge in [-0.25, -0.2) is 0 Å². The molecule has 4 heteroatoms. The Morgan fingerprint density at radius 2 is 2.05 bits per heavy atom. The van der Waals surface area contributed by atoms with Crippen LogP contribution >= 0.6 is 0 Å². The van der Waals surface area contributed by atoms with Gasteiger partial charge in [0.25, 0.3) is 0 Å². The molecule has 0 radical (unpaired) electrons. The molecule has 4 nitrogen and oxygen atoms in total. The van der Waals surface area contributed by atoms with Crippen molar-refractivity contribution in [3.8, 4) is 5.75 Å². The lowest BCUT2D eigenvalue weighted by molar-refractivity contribution is -0.117. The van der Waals surface area contributed by atoms with Gasteiger partial charge in [-0.3, -0.25) is 4.79 Å². The molecule has 1 aliphatic rings. The molecule has 1 aliphatic carbocycles. The van der Waals surface area contributed by atoms with Gasteiger partial charge in [-0.15, -0.1) is 0 Å². The molecule has 0 spiro atoms. The molecule has 0 atom stereocenters. The molecule has 0 saturated heterocycles. The van der Waals surface area contributed by atoms with Crippen LogP contribution in [0.5, 0.6) is 5.75 Å². The first-order chi connectivity index (χ1) is 10.7. The zero-order valence-electron chi connectivity index (χ0n) is 13.3. The Labute approximate surface area is 132 Å². The Balaban J connectivity index is 1.90. The van der Waals surface area contributed by atoms with Crippen molar-refractivity contribution in [1.29, 1.82) is 0 Å². The highest BCUT2D eigenvalue weighted by Crippen LogP contribution is 2.23. The zero-order valence-corrected chi connectivity index (χ0v) is 13.3. The van der Waals surface area contributed by atoms with Crippen LogP contribution in [-0.2, 0) is 4.79 Å². The fourth-order valence-corrected chi connectivity index (χ4v) is 2.80. The monoisotopic (exact) mass is 302 g/mol. The lowest BCUT2D eigenvalue weighted by Gasteiger charge is -2.14. The highest BCUT2D eigenvalue weighted by atomic mass is 16.5. The van der Waals surface area contributed by atoms with Crippen LogP contribution in [0.3, 0.4) is 0 Å². The molecule has 22 heavy (non-hydrogen) atoms. The maximum absolute atomic E-state index is 12.0. The summed E-state index contributed by atoms with van der Waals surface area (Å²) < 4.78 is 5.40. The smallest absolute Gasteiger partial charge is 0.244 e. The minimum absolute atomic E-state index is 0.0284. The van der Waals surface area contributed by atoms with E-state index < -0.39 is 0 Å². The molecule has 0 aliphatic heterocycles. The largest absolute Gasteiger partial charge is 0.492 e. The number of hydrogen-bond donors (Lipinski definition) is 2. The van der Waals surface area contributed by atoms with Crippen LogP contribution in [0.15, 0.2) is 24.3 Å². The Morgan fingerprint density at radius 1 is 1.32 bits per heavy atom. The molecule has 3 N–H and O–H groups in total. The molecular formula is C18H26N2O2. The summed E-state index contributed by atoms with van der Waals surface area (Å²) in [4.78, 5) is 12.0. The fourth-order valence-electron chi connectivity index (χ4n) is 2.80. The van der Waals surface area contributed by atoms with Crippen molar-refractivity contribution in [3.63, 3.8) is 0 Å². The Kier molecular flexibility index (Phi) is 6.31. The molecule has 0 aromatic heterocycles. The summed E-state index contributed by atoms with van der Waals surface area (Å²) in [5.41, 5.74) is 7.41. The topological polar surface area (TPSA) is 64.3 Å². The van der Waals surface area contributed by atoms with Gasteiger partial charge in [0.1, 0.15) is 5.75 Å². The molecule has 1 fully saturated rings. The number of nitrogens with one attached hydrogen (secondary N) is 1. The number of rotatable bonds is 5. The van der Waals surface area contributed by atoms with Crippen molar-refractivity contribution in [2.24, 2.45) is 0 Å². The van der Waals surface area contributed by atoms with E-state index in [9.17, 15) is 4.79 Å². The number of nitrogens with two attached hydrogens (primary N) is 1. The second kappa shape index (κ2) is 8.47. The van der Waals surface area contributed by atoms with Crippen molar-refractivity contribution >= 4 is 17.7 Å². The number of anilines is 1. The van der Waals surface area contributed by atoms with Crippen LogP contribution in [0.1, 0.15) is 51.0 Å². The number of hydrogen-bond acceptors (Lipinski definition) is 3. The summed E-state index contributed by atoms with van der Waals surface area (Å²) in [6.45, 7) is 2.51. The maximum Gasteiger partial charge on any atom is 0.244 e. The first kappa shape index (κ1) is 16.4. The van der Waals surface area contributed by atoms with E-state index in [1.165, 1.54) is 25.7 Å². The van der Waals surface area contributed by atoms with Gasteiger partial charge < -0.3 is 15.8 Å².